The molecular weight excluding hydrogens is 332 g/mol. The van der Waals surface area contributed by atoms with Gasteiger partial charge in [-0.3, -0.25) is 4.79 Å². The molecule has 4 rings (SSSR count). The number of hydrogen-bond donors (Lipinski definition) is 0. The van der Waals surface area contributed by atoms with Gasteiger partial charge in [0.15, 0.2) is 0 Å². The summed E-state index contributed by atoms with van der Waals surface area (Å²) in [4.78, 5) is 26.7. The highest BCUT2D eigenvalue weighted by Crippen LogP contribution is 2.40. The number of nitrogens with zero attached hydrogens (tertiary/aromatic N) is 4. The highest BCUT2D eigenvalue weighted by atomic mass is 32.1. The molecule has 2 aliphatic rings. The Bertz CT molecular complexity index is 737. The molecule has 4 heterocycles. The number of carbonyl (C=O) groups excluding carboxylic acids is 1. The molecule has 6 heteroatoms. The minimum absolute atomic E-state index is 0.201. The molecule has 0 aliphatic carbocycles. The maximum Gasteiger partial charge on any atom is 0.263 e. The third-order valence-corrected chi connectivity index (χ3v) is 6.59. The molecule has 2 saturated heterocycles. The van der Waals surface area contributed by atoms with Gasteiger partial charge in [-0.15, -0.1) is 11.3 Å². The Morgan fingerprint density at radius 2 is 1.92 bits per heavy atom. The molecule has 0 atom stereocenters. The fourth-order valence-electron chi connectivity index (χ4n) is 4.12. The van der Waals surface area contributed by atoms with Crippen molar-refractivity contribution < 1.29 is 4.79 Å². The monoisotopic (exact) mass is 356 g/mol. The molecule has 132 valence electrons. The number of rotatable bonds is 2. The first-order chi connectivity index (χ1) is 12.2. The predicted molar refractivity (Wildman–Crippen MR) is 100 cm³/mol. The molecule has 2 fully saturated rings. The summed E-state index contributed by atoms with van der Waals surface area (Å²) in [5, 5.41) is 2.05. The van der Waals surface area contributed by atoms with Crippen LogP contribution in [-0.4, -0.2) is 47.0 Å². The van der Waals surface area contributed by atoms with Gasteiger partial charge in [-0.05, 0) is 61.1 Å². The van der Waals surface area contributed by atoms with Gasteiger partial charge in [-0.25, -0.2) is 9.97 Å². The molecule has 2 aliphatic heterocycles. The van der Waals surface area contributed by atoms with Crippen LogP contribution >= 0.6 is 11.3 Å². The molecule has 5 nitrogen and oxygen atoms in total. The normalized spacial score (nSPS) is 20.0. The van der Waals surface area contributed by atoms with E-state index in [2.05, 4.69) is 20.2 Å². The SMILES string of the molecule is Cc1csc(C(=O)N2CCC3(CCCN(c4ncccn4)C3)CC2)c1. The molecule has 2 aromatic rings. The van der Waals surface area contributed by atoms with Crippen LogP contribution in [0.4, 0.5) is 5.95 Å². The molecule has 0 saturated carbocycles. The third-order valence-electron chi connectivity index (χ3n) is 5.55. The number of amides is 1. The second-order valence-electron chi connectivity index (χ2n) is 7.35. The number of thiophene rings is 1. The molecule has 2 aromatic heterocycles. The summed E-state index contributed by atoms with van der Waals surface area (Å²) in [5.41, 5.74) is 1.48. The van der Waals surface area contributed by atoms with E-state index >= 15 is 0 Å². The number of carbonyl (C=O) groups is 1. The van der Waals surface area contributed by atoms with Crippen LogP contribution < -0.4 is 4.90 Å². The van der Waals surface area contributed by atoms with E-state index in [1.54, 1.807) is 11.3 Å². The minimum atomic E-state index is 0.201. The first-order valence-corrected chi connectivity index (χ1v) is 9.90. The molecule has 0 radical (unpaired) electrons. The van der Waals surface area contributed by atoms with Gasteiger partial charge < -0.3 is 9.80 Å². The fraction of sp³-hybridized carbons (Fsp3) is 0.526. The smallest absolute Gasteiger partial charge is 0.263 e. The Morgan fingerprint density at radius 3 is 2.60 bits per heavy atom. The van der Waals surface area contributed by atoms with Gasteiger partial charge in [-0.2, -0.15) is 0 Å². The van der Waals surface area contributed by atoms with Crippen molar-refractivity contribution in [2.24, 2.45) is 5.41 Å². The molecule has 0 bridgehead atoms. The Hall–Kier alpha value is -1.95. The van der Waals surface area contributed by atoms with Crippen molar-refractivity contribution in [3.63, 3.8) is 0 Å². The van der Waals surface area contributed by atoms with E-state index in [0.29, 0.717) is 5.41 Å². The van der Waals surface area contributed by atoms with E-state index in [1.807, 2.05) is 36.4 Å². The number of piperidine rings is 2. The summed E-state index contributed by atoms with van der Waals surface area (Å²) in [7, 11) is 0. The third kappa shape index (κ3) is 3.40. The lowest BCUT2D eigenvalue weighted by molar-refractivity contribution is 0.0544. The second kappa shape index (κ2) is 6.75. The molecule has 25 heavy (non-hydrogen) atoms. The van der Waals surface area contributed by atoms with Crippen LogP contribution in [0.3, 0.4) is 0 Å². The van der Waals surface area contributed by atoms with Gasteiger partial charge in [0.2, 0.25) is 5.95 Å². The van der Waals surface area contributed by atoms with Crippen molar-refractivity contribution in [1.82, 2.24) is 14.9 Å². The summed E-state index contributed by atoms with van der Waals surface area (Å²) in [6, 6.07) is 3.87. The zero-order valence-corrected chi connectivity index (χ0v) is 15.5. The molecule has 1 spiro atoms. The first-order valence-electron chi connectivity index (χ1n) is 9.02. The minimum Gasteiger partial charge on any atom is -0.340 e. The highest BCUT2D eigenvalue weighted by Gasteiger charge is 2.40. The maximum atomic E-state index is 12.7. The van der Waals surface area contributed by atoms with E-state index in [4.69, 9.17) is 0 Å². The van der Waals surface area contributed by atoms with Crippen molar-refractivity contribution in [3.05, 3.63) is 40.3 Å². The molecule has 0 N–H and O–H groups in total. The summed E-state index contributed by atoms with van der Waals surface area (Å²) in [5.74, 6) is 1.04. The summed E-state index contributed by atoms with van der Waals surface area (Å²) >= 11 is 1.56. The molecular formula is C19H24N4OS. The van der Waals surface area contributed by atoms with Crippen LogP contribution in [0.1, 0.15) is 40.9 Å². The maximum absolute atomic E-state index is 12.7. The molecule has 0 aromatic carbocycles. The van der Waals surface area contributed by atoms with E-state index in [0.717, 1.165) is 49.8 Å². The highest BCUT2D eigenvalue weighted by molar-refractivity contribution is 7.12. The predicted octanol–water partition coefficient (Wildman–Crippen LogP) is 3.37. The van der Waals surface area contributed by atoms with Gasteiger partial charge in [0, 0.05) is 38.6 Å². The lowest BCUT2D eigenvalue weighted by Gasteiger charge is -2.47. The Morgan fingerprint density at radius 1 is 1.16 bits per heavy atom. The van der Waals surface area contributed by atoms with Crippen LogP contribution in [-0.2, 0) is 0 Å². The number of aryl methyl sites for hydroxylation is 1. The van der Waals surface area contributed by atoms with Gasteiger partial charge in [0.05, 0.1) is 4.88 Å². The van der Waals surface area contributed by atoms with Crippen molar-refractivity contribution >= 4 is 23.2 Å². The van der Waals surface area contributed by atoms with E-state index in [9.17, 15) is 4.79 Å². The number of hydrogen-bond acceptors (Lipinski definition) is 5. The fourth-order valence-corrected chi connectivity index (χ4v) is 4.99. The number of likely N-dealkylation sites (tertiary alicyclic amines) is 1. The quantitative estimate of drug-likeness (QED) is 0.828. The first kappa shape index (κ1) is 16.5. The zero-order valence-electron chi connectivity index (χ0n) is 14.6. The summed E-state index contributed by atoms with van der Waals surface area (Å²) < 4.78 is 0. The van der Waals surface area contributed by atoms with Crippen molar-refractivity contribution in [2.45, 2.75) is 32.6 Å². The van der Waals surface area contributed by atoms with E-state index in [1.165, 1.54) is 18.4 Å². The molecule has 1 amide bonds. The molecule has 0 unspecified atom stereocenters. The summed E-state index contributed by atoms with van der Waals surface area (Å²) in [6.45, 7) is 5.80. The standard InChI is InChI=1S/C19H24N4OS/c1-15-12-16(25-13-15)17(24)22-10-5-19(6-11-22)4-2-9-23(14-19)18-20-7-3-8-21-18/h3,7-8,12-13H,2,4-6,9-11,14H2,1H3. The van der Waals surface area contributed by atoms with E-state index in [-0.39, 0.29) is 5.91 Å². The van der Waals surface area contributed by atoms with Gasteiger partial charge in [0.1, 0.15) is 0 Å². The van der Waals surface area contributed by atoms with Gasteiger partial charge in [-0.1, -0.05) is 0 Å². The summed E-state index contributed by atoms with van der Waals surface area (Å²) in [6.07, 6.45) is 8.20. The Labute approximate surface area is 152 Å². The van der Waals surface area contributed by atoms with Crippen LogP contribution in [0.2, 0.25) is 0 Å². The zero-order chi connectivity index (χ0) is 17.3. The van der Waals surface area contributed by atoms with Crippen LogP contribution in [0.25, 0.3) is 0 Å². The van der Waals surface area contributed by atoms with Crippen LogP contribution in [0.5, 0.6) is 0 Å². The van der Waals surface area contributed by atoms with Crippen molar-refractivity contribution in [3.8, 4) is 0 Å². The van der Waals surface area contributed by atoms with Crippen molar-refractivity contribution in [2.75, 3.05) is 31.1 Å². The lowest BCUT2D eigenvalue weighted by Crippen LogP contribution is -2.51. The largest absolute Gasteiger partial charge is 0.340 e. The average Bonchev–Trinajstić information content (AvgIpc) is 3.09. The topological polar surface area (TPSA) is 49.3 Å². The Balaban J connectivity index is 1.41. The van der Waals surface area contributed by atoms with Crippen molar-refractivity contribution in [1.29, 1.82) is 0 Å². The van der Waals surface area contributed by atoms with Crippen LogP contribution in [0, 0.1) is 12.3 Å². The van der Waals surface area contributed by atoms with Crippen LogP contribution in [0.15, 0.2) is 29.9 Å². The van der Waals surface area contributed by atoms with Gasteiger partial charge >= 0.3 is 0 Å². The second-order valence-corrected chi connectivity index (χ2v) is 8.27. The Kier molecular flexibility index (Phi) is 4.46. The van der Waals surface area contributed by atoms with Gasteiger partial charge in [0.25, 0.3) is 5.91 Å². The average molecular weight is 356 g/mol. The van der Waals surface area contributed by atoms with E-state index < -0.39 is 0 Å². The number of anilines is 1. The number of aromatic nitrogens is 2. The lowest BCUT2D eigenvalue weighted by atomic mass is 9.72.